The first kappa shape index (κ1) is 17.2. The van der Waals surface area contributed by atoms with Crippen molar-refractivity contribution in [3.63, 3.8) is 0 Å². The van der Waals surface area contributed by atoms with Gasteiger partial charge >= 0.3 is 6.18 Å². The maximum Gasteiger partial charge on any atom is 0.446 e. The van der Waals surface area contributed by atoms with Crippen molar-refractivity contribution in [3.8, 4) is 0 Å². The number of benzene rings is 1. The van der Waals surface area contributed by atoms with Crippen LogP contribution in [0.3, 0.4) is 0 Å². The normalized spacial score (nSPS) is 10.6. The van der Waals surface area contributed by atoms with Crippen LogP contribution in [0.4, 0.5) is 18.9 Å². The molecule has 8 heteroatoms. The molecule has 124 valence electrons. The highest BCUT2D eigenvalue weighted by Gasteiger charge is 2.24. The Bertz CT molecular complexity index is 829. The first-order valence-corrected chi connectivity index (χ1v) is 6.61. The average molecular weight is 336 g/mol. The number of alkyl halides is 3. The van der Waals surface area contributed by atoms with Gasteiger partial charge in [-0.3, -0.25) is 14.6 Å². The molecule has 0 saturated heterocycles. The van der Waals surface area contributed by atoms with Gasteiger partial charge in [0.05, 0.1) is 11.8 Å². The molecular formula is C16H11F3N2O3. The second-order valence-electron chi connectivity index (χ2n) is 4.53. The molecule has 0 bridgehead atoms. The zero-order valence-electron chi connectivity index (χ0n) is 12.1. The molecular weight excluding hydrogens is 325 g/mol. The van der Waals surface area contributed by atoms with Gasteiger partial charge in [0.25, 0.3) is 5.91 Å². The van der Waals surface area contributed by atoms with E-state index in [1.54, 1.807) is 30.7 Å². The summed E-state index contributed by atoms with van der Waals surface area (Å²) in [5.74, 6) is -0.175. The summed E-state index contributed by atoms with van der Waals surface area (Å²) in [6.45, 7) is 0. The molecule has 0 aliphatic rings. The highest BCUT2D eigenvalue weighted by atomic mass is 19.4. The van der Waals surface area contributed by atoms with Crippen molar-refractivity contribution >= 4 is 28.8 Å². The van der Waals surface area contributed by atoms with Crippen LogP contribution < -0.4 is 5.32 Å². The smallest absolute Gasteiger partial charge is 0.446 e. The molecule has 1 N–H and O–H groups in total. The van der Waals surface area contributed by atoms with E-state index in [9.17, 15) is 18.0 Å². The lowest BCUT2D eigenvalue weighted by Crippen LogP contribution is -2.11. The van der Waals surface area contributed by atoms with Crippen molar-refractivity contribution in [3.05, 3.63) is 60.6 Å². The third-order valence-electron chi connectivity index (χ3n) is 2.77. The second kappa shape index (κ2) is 7.40. The van der Waals surface area contributed by atoms with Crippen LogP contribution in [0, 0.1) is 0 Å². The number of amides is 1. The molecule has 0 radical (unpaired) electrons. The zero-order valence-corrected chi connectivity index (χ0v) is 12.1. The van der Waals surface area contributed by atoms with Crippen LogP contribution in [0.2, 0.25) is 0 Å². The van der Waals surface area contributed by atoms with Gasteiger partial charge in [0.1, 0.15) is 5.58 Å². The fraction of sp³-hybridized carbons (Fsp3) is 0.0625. The number of halogens is 3. The summed E-state index contributed by atoms with van der Waals surface area (Å²) in [5.41, 5.74) is 2.07. The van der Waals surface area contributed by atoms with Crippen LogP contribution in [-0.4, -0.2) is 23.4 Å². The first-order valence-electron chi connectivity index (χ1n) is 6.61. The average Bonchev–Trinajstić information content (AvgIpc) is 3.03. The van der Waals surface area contributed by atoms with Gasteiger partial charge in [-0.15, -0.1) is 0 Å². The number of aldehydes is 1. The van der Waals surface area contributed by atoms with Crippen molar-refractivity contribution in [1.29, 1.82) is 0 Å². The lowest BCUT2D eigenvalue weighted by atomic mass is 10.2. The minimum Gasteiger partial charge on any atom is -0.464 e. The molecule has 1 amide bonds. The van der Waals surface area contributed by atoms with Crippen LogP contribution in [-0.2, 0) is 4.79 Å². The lowest BCUT2D eigenvalue weighted by Gasteiger charge is -2.04. The standard InChI is InChI=1S/C14H10N2O2.C2HF3O/c17-14(11-2-1-6-15-9-11)16-12-3-4-13-10(8-12)5-7-18-13;3-2(4,5)1-6/h1-9H,(H,16,17);1H. The number of furan rings is 1. The second-order valence-corrected chi connectivity index (χ2v) is 4.53. The third-order valence-corrected chi connectivity index (χ3v) is 2.77. The van der Waals surface area contributed by atoms with Gasteiger partial charge in [-0.2, -0.15) is 13.2 Å². The van der Waals surface area contributed by atoms with Gasteiger partial charge in [-0.05, 0) is 36.4 Å². The van der Waals surface area contributed by atoms with Gasteiger partial charge in [-0.1, -0.05) is 0 Å². The summed E-state index contributed by atoms with van der Waals surface area (Å²) < 4.78 is 36.5. The molecule has 2 aromatic heterocycles. The minimum absolute atomic E-state index is 0.175. The number of fused-ring (bicyclic) bond motifs is 1. The van der Waals surface area contributed by atoms with E-state index in [2.05, 4.69) is 10.3 Å². The Morgan fingerprint density at radius 2 is 1.96 bits per heavy atom. The summed E-state index contributed by atoms with van der Waals surface area (Å²) in [7, 11) is 0. The number of carbonyl (C=O) groups excluding carboxylic acids is 2. The number of rotatable bonds is 2. The zero-order chi connectivity index (χ0) is 17.6. The molecule has 5 nitrogen and oxygen atoms in total. The summed E-state index contributed by atoms with van der Waals surface area (Å²) in [5, 5.41) is 3.78. The Hall–Kier alpha value is -3.16. The van der Waals surface area contributed by atoms with Crippen molar-refractivity contribution in [1.82, 2.24) is 4.98 Å². The van der Waals surface area contributed by atoms with E-state index in [0.717, 1.165) is 16.7 Å². The molecule has 0 aliphatic heterocycles. The van der Waals surface area contributed by atoms with E-state index >= 15 is 0 Å². The predicted octanol–water partition coefficient (Wildman–Crippen LogP) is 3.83. The molecule has 0 aliphatic carbocycles. The minimum atomic E-state index is -4.64. The van der Waals surface area contributed by atoms with Gasteiger partial charge in [0.2, 0.25) is 6.29 Å². The Kier molecular flexibility index (Phi) is 5.31. The molecule has 0 saturated carbocycles. The summed E-state index contributed by atoms with van der Waals surface area (Å²) in [6, 6.07) is 10.8. The molecule has 2 heterocycles. The van der Waals surface area contributed by atoms with Crippen LogP contribution in [0.1, 0.15) is 10.4 Å². The maximum atomic E-state index is 11.9. The largest absolute Gasteiger partial charge is 0.464 e. The summed E-state index contributed by atoms with van der Waals surface area (Å²) >= 11 is 0. The van der Waals surface area contributed by atoms with E-state index in [-0.39, 0.29) is 5.91 Å². The van der Waals surface area contributed by atoms with Crippen LogP contribution in [0.15, 0.2) is 59.5 Å². The first-order chi connectivity index (χ1) is 11.4. The van der Waals surface area contributed by atoms with Crippen molar-refractivity contribution in [2.24, 2.45) is 0 Å². The molecule has 0 unspecified atom stereocenters. The molecule has 0 fully saturated rings. The molecule has 24 heavy (non-hydrogen) atoms. The molecule has 3 aromatic rings. The molecule has 0 atom stereocenters. The van der Waals surface area contributed by atoms with E-state index in [0.29, 0.717) is 5.56 Å². The molecule has 0 spiro atoms. The predicted molar refractivity (Wildman–Crippen MR) is 80.5 cm³/mol. The fourth-order valence-corrected chi connectivity index (χ4v) is 1.74. The van der Waals surface area contributed by atoms with Gasteiger partial charge in [0.15, 0.2) is 0 Å². The number of nitrogens with zero attached hydrogens (tertiary/aromatic N) is 1. The quantitative estimate of drug-likeness (QED) is 0.722. The van der Waals surface area contributed by atoms with E-state index in [1.807, 2.05) is 18.2 Å². The number of anilines is 1. The number of hydrogen-bond donors (Lipinski definition) is 1. The summed E-state index contributed by atoms with van der Waals surface area (Å²) in [6.07, 6.45) is -0.912. The van der Waals surface area contributed by atoms with Crippen molar-refractivity contribution in [2.45, 2.75) is 6.18 Å². The highest BCUT2D eigenvalue weighted by molar-refractivity contribution is 6.04. The highest BCUT2D eigenvalue weighted by Crippen LogP contribution is 2.20. The maximum absolute atomic E-state index is 11.9. The van der Waals surface area contributed by atoms with E-state index in [1.165, 1.54) is 6.20 Å². The van der Waals surface area contributed by atoms with Crippen molar-refractivity contribution in [2.75, 3.05) is 5.32 Å². The van der Waals surface area contributed by atoms with E-state index in [4.69, 9.17) is 9.21 Å². The lowest BCUT2D eigenvalue weighted by molar-refractivity contribution is -0.156. The number of hydrogen-bond acceptors (Lipinski definition) is 4. The number of aromatic nitrogens is 1. The van der Waals surface area contributed by atoms with E-state index < -0.39 is 12.5 Å². The van der Waals surface area contributed by atoms with Crippen molar-refractivity contribution < 1.29 is 27.2 Å². The monoisotopic (exact) mass is 336 g/mol. The Labute approximate surface area is 134 Å². The Balaban J connectivity index is 0.000000301. The SMILES string of the molecule is O=C(Nc1ccc2occc2c1)c1cccnc1.O=CC(F)(F)F. The van der Waals surface area contributed by atoms with Crippen LogP contribution in [0.5, 0.6) is 0 Å². The Morgan fingerprint density at radius 1 is 1.21 bits per heavy atom. The molecule has 3 rings (SSSR count). The fourth-order valence-electron chi connectivity index (χ4n) is 1.74. The number of nitrogens with one attached hydrogen (secondary N) is 1. The Morgan fingerprint density at radius 3 is 2.58 bits per heavy atom. The third kappa shape index (κ3) is 4.94. The molecule has 1 aromatic carbocycles. The number of pyridine rings is 1. The van der Waals surface area contributed by atoms with Gasteiger partial charge in [0, 0.05) is 23.5 Å². The van der Waals surface area contributed by atoms with Crippen LogP contribution >= 0.6 is 0 Å². The summed E-state index contributed by atoms with van der Waals surface area (Å²) in [4.78, 5) is 24.5. The van der Waals surface area contributed by atoms with Gasteiger partial charge in [-0.25, -0.2) is 0 Å². The van der Waals surface area contributed by atoms with Crippen LogP contribution in [0.25, 0.3) is 11.0 Å². The van der Waals surface area contributed by atoms with Gasteiger partial charge < -0.3 is 9.73 Å². The topological polar surface area (TPSA) is 72.2 Å². The number of carbonyl (C=O) groups is 2.